The lowest BCUT2D eigenvalue weighted by Gasteiger charge is -2.33. The molecule has 6 heteroatoms. The lowest BCUT2D eigenvalue weighted by Crippen LogP contribution is -2.51. The molecule has 1 aromatic heterocycles. The Morgan fingerprint density at radius 1 is 1.20 bits per heavy atom. The molecule has 2 heterocycles. The second kappa shape index (κ2) is 7.88. The monoisotopic (exact) mass is 342 g/mol. The van der Waals surface area contributed by atoms with Crippen molar-refractivity contribution in [3.8, 4) is 11.3 Å². The van der Waals surface area contributed by atoms with Crippen LogP contribution in [-0.2, 0) is 16.1 Å². The van der Waals surface area contributed by atoms with Crippen molar-refractivity contribution < 1.29 is 18.7 Å². The fourth-order valence-corrected chi connectivity index (χ4v) is 3.06. The number of carbonyl (C=O) groups is 2. The molecule has 25 heavy (non-hydrogen) atoms. The normalized spacial score (nSPS) is 17.2. The van der Waals surface area contributed by atoms with Gasteiger partial charge >= 0.3 is 6.09 Å². The second-order valence-electron chi connectivity index (χ2n) is 6.02. The van der Waals surface area contributed by atoms with E-state index in [1.54, 1.807) is 0 Å². The number of hydrogen-bond donors (Lipinski definition) is 1. The molecule has 3 rings (SSSR count). The van der Waals surface area contributed by atoms with Gasteiger partial charge in [0, 0.05) is 12.1 Å². The highest BCUT2D eigenvalue weighted by Crippen LogP contribution is 2.22. The number of methoxy groups -OCH3 is 1. The summed E-state index contributed by atoms with van der Waals surface area (Å²) in [6.07, 6.45) is 2.00. The Hall–Kier alpha value is -2.76. The van der Waals surface area contributed by atoms with Gasteiger partial charge in [0.1, 0.15) is 17.6 Å². The third kappa shape index (κ3) is 4.02. The summed E-state index contributed by atoms with van der Waals surface area (Å²) in [4.78, 5) is 25.8. The van der Waals surface area contributed by atoms with Crippen molar-refractivity contribution in [2.45, 2.75) is 31.8 Å². The van der Waals surface area contributed by atoms with Crippen molar-refractivity contribution in [1.29, 1.82) is 0 Å². The molecule has 0 saturated carbocycles. The number of piperidine rings is 1. The van der Waals surface area contributed by atoms with E-state index in [0.29, 0.717) is 18.7 Å². The topological polar surface area (TPSA) is 71.8 Å². The van der Waals surface area contributed by atoms with Crippen molar-refractivity contribution in [2.24, 2.45) is 0 Å². The number of nitrogens with zero attached hydrogens (tertiary/aromatic N) is 1. The van der Waals surface area contributed by atoms with E-state index in [-0.39, 0.29) is 12.5 Å². The predicted octanol–water partition coefficient (Wildman–Crippen LogP) is 3.18. The third-order valence-electron chi connectivity index (χ3n) is 4.37. The van der Waals surface area contributed by atoms with Crippen LogP contribution >= 0.6 is 0 Å². The van der Waals surface area contributed by atoms with Crippen LogP contribution in [0.1, 0.15) is 25.0 Å². The zero-order valence-electron chi connectivity index (χ0n) is 14.2. The van der Waals surface area contributed by atoms with E-state index in [9.17, 15) is 9.59 Å². The summed E-state index contributed by atoms with van der Waals surface area (Å²) >= 11 is 0. The summed E-state index contributed by atoms with van der Waals surface area (Å²) < 4.78 is 10.6. The molecule has 6 nitrogen and oxygen atoms in total. The molecule has 0 spiro atoms. The molecular formula is C19H22N2O4. The van der Waals surface area contributed by atoms with Gasteiger partial charge in [0.25, 0.3) is 0 Å². The Morgan fingerprint density at radius 3 is 2.76 bits per heavy atom. The van der Waals surface area contributed by atoms with Crippen molar-refractivity contribution >= 4 is 12.0 Å². The zero-order valence-corrected chi connectivity index (χ0v) is 14.2. The van der Waals surface area contributed by atoms with Crippen LogP contribution in [0.25, 0.3) is 11.3 Å². The van der Waals surface area contributed by atoms with Gasteiger partial charge in [0.2, 0.25) is 5.91 Å². The number of furan rings is 1. The fourth-order valence-electron chi connectivity index (χ4n) is 3.06. The van der Waals surface area contributed by atoms with E-state index in [1.165, 1.54) is 12.0 Å². The van der Waals surface area contributed by atoms with Gasteiger partial charge < -0.3 is 14.5 Å². The lowest BCUT2D eigenvalue weighted by molar-refractivity contribution is -0.127. The first-order valence-electron chi connectivity index (χ1n) is 8.45. The second-order valence-corrected chi connectivity index (χ2v) is 6.02. The van der Waals surface area contributed by atoms with Crippen LogP contribution in [0.3, 0.4) is 0 Å². The third-order valence-corrected chi connectivity index (χ3v) is 4.37. The molecule has 1 N–H and O–H groups in total. The number of rotatable bonds is 4. The summed E-state index contributed by atoms with van der Waals surface area (Å²) in [7, 11) is 1.33. The Bertz CT molecular complexity index is 726. The van der Waals surface area contributed by atoms with Gasteiger partial charge in [-0.1, -0.05) is 30.3 Å². The molecule has 0 aliphatic carbocycles. The molecule has 2 aromatic rings. The van der Waals surface area contributed by atoms with Crippen LogP contribution < -0.4 is 5.32 Å². The molecule has 0 radical (unpaired) electrons. The minimum absolute atomic E-state index is 0.178. The maximum absolute atomic E-state index is 12.5. The Kier molecular flexibility index (Phi) is 5.38. The van der Waals surface area contributed by atoms with Gasteiger partial charge in [-0.05, 0) is 31.4 Å². The molecule has 132 valence electrons. The summed E-state index contributed by atoms with van der Waals surface area (Å²) in [6, 6.07) is 13.0. The zero-order chi connectivity index (χ0) is 17.6. The molecule has 2 amide bonds. The van der Waals surface area contributed by atoms with Crippen LogP contribution in [0.4, 0.5) is 4.79 Å². The van der Waals surface area contributed by atoms with Crippen LogP contribution in [-0.4, -0.2) is 36.6 Å². The van der Waals surface area contributed by atoms with Crippen molar-refractivity contribution in [1.82, 2.24) is 10.2 Å². The molecule has 1 fully saturated rings. The number of nitrogens with one attached hydrogen (secondary N) is 1. The lowest BCUT2D eigenvalue weighted by atomic mass is 10.0. The number of likely N-dealkylation sites (tertiary alicyclic amines) is 1. The highest BCUT2D eigenvalue weighted by molar-refractivity contribution is 5.85. The number of ether oxygens (including phenoxy) is 1. The fraction of sp³-hybridized carbons (Fsp3) is 0.368. The molecule has 0 bridgehead atoms. The van der Waals surface area contributed by atoms with Crippen molar-refractivity contribution in [2.75, 3.05) is 13.7 Å². The standard InChI is InChI=1S/C19H22N2O4/c1-24-19(23)21-12-6-5-9-16(21)18(22)20-13-15-10-11-17(25-15)14-7-3-2-4-8-14/h2-4,7-8,10-11,16H,5-6,9,12-13H2,1H3,(H,20,22). The highest BCUT2D eigenvalue weighted by atomic mass is 16.5. The average molecular weight is 342 g/mol. The van der Waals surface area contributed by atoms with Crippen LogP contribution in [0.15, 0.2) is 46.9 Å². The first-order chi connectivity index (χ1) is 12.2. The average Bonchev–Trinajstić information content (AvgIpc) is 3.15. The molecule has 1 aliphatic rings. The van der Waals surface area contributed by atoms with E-state index < -0.39 is 12.1 Å². The number of amides is 2. The van der Waals surface area contributed by atoms with Crippen LogP contribution in [0.5, 0.6) is 0 Å². The Morgan fingerprint density at radius 2 is 2.00 bits per heavy atom. The smallest absolute Gasteiger partial charge is 0.410 e. The van der Waals surface area contributed by atoms with Crippen molar-refractivity contribution in [3.05, 3.63) is 48.2 Å². The Labute approximate surface area is 146 Å². The van der Waals surface area contributed by atoms with Gasteiger partial charge in [-0.25, -0.2) is 4.79 Å². The van der Waals surface area contributed by atoms with E-state index in [2.05, 4.69) is 5.32 Å². The first kappa shape index (κ1) is 17.1. The molecular weight excluding hydrogens is 320 g/mol. The molecule has 1 atom stereocenters. The van der Waals surface area contributed by atoms with Crippen molar-refractivity contribution in [3.63, 3.8) is 0 Å². The summed E-state index contributed by atoms with van der Waals surface area (Å²) in [5.74, 6) is 1.26. The summed E-state index contributed by atoms with van der Waals surface area (Å²) in [5.41, 5.74) is 0.990. The maximum atomic E-state index is 12.5. The minimum atomic E-state index is -0.482. The first-order valence-corrected chi connectivity index (χ1v) is 8.45. The summed E-state index contributed by atoms with van der Waals surface area (Å²) in [6.45, 7) is 0.834. The molecule has 1 unspecified atom stereocenters. The molecule has 1 aliphatic heterocycles. The predicted molar refractivity (Wildman–Crippen MR) is 92.7 cm³/mol. The van der Waals surface area contributed by atoms with E-state index in [0.717, 1.165) is 24.2 Å². The minimum Gasteiger partial charge on any atom is -0.459 e. The quantitative estimate of drug-likeness (QED) is 0.926. The number of benzene rings is 1. The SMILES string of the molecule is COC(=O)N1CCCCC1C(=O)NCc1ccc(-c2ccccc2)o1. The molecule has 1 saturated heterocycles. The summed E-state index contributed by atoms with van der Waals surface area (Å²) in [5, 5.41) is 2.86. The van der Waals surface area contributed by atoms with Crippen LogP contribution in [0, 0.1) is 0 Å². The van der Waals surface area contributed by atoms with Gasteiger partial charge in [0.05, 0.1) is 13.7 Å². The Balaban J connectivity index is 1.60. The highest BCUT2D eigenvalue weighted by Gasteiger charge is 2.32. The maximum Gasteiger partial charge on any atom is 0.410 e. The van der Waals surface area contributed by atoms with Gasteiger partial charge in [-0.15, -0.1) is 0 Å². The van der Waals surface area contributed by atoms with Crippen LogP contribution in [0.2, 0.25) is 0 Å². The number of hydrogen-bond acceptors (Lipinski definition) is 4. The van der Waals surface area contributed by atoms with Gasteiger partial charge in [0.15, 0.2) is 0 Å². The number of carbonyl (C=O) groups excluding carboxylic acids is 2. The molecule has 1 aromatic carbocycles. The van der Waals surface area contributed by atoms with E-state index in [4.69, 9.17) is 9.15 Å². The van der Waals surface area contributed by atoms with E-state index >= 15 is 0 Å². The largest absolute Gasteiger partial charge is 0.459 e. The van der Waals surface area contributed by atoms with Gasteiger partial charge in [-0.2, -0.15) is 0 Å². The van der Waals surface area contributed by atoms with E-state index in [1.807, 2.05) is 42.5 Å². The van der Waals surface area contributed by atoms with Gasteiger partial charge in [-0.3, -0.25) is 9.69 Å².